The van der Waals surface area contributed by atoms with Gasteiger partial charge in [0.2, 0.25) is 5.95 Å². The predicted molar refractivity (Wildman–Crippen MR) is 73.7 cm³/mol. The van der Waals surface area contributed by atoms with Crippen LogP contribution >= 0.6 is 0 Å². The van der Waals surface area contributed by atoms with E-state index in [1.54, 1.807) is 0 Å². The van der Waals surface area contributed by atoms with Gasteiger partial charge in [-0.3, -0.25) is 0 Å². The van der Waals surface area contributed by atoms with Gasteiger partial charge < -0.3 is 14.8 Å². The molecular weight excluding hydrogens is 212 g/mol. The maximum Gasteiger partial charge on any atom is 0.205 e. The number of anilines is 1. The monoisotopic (exact) mass is 238 g/mol. The molecule has 1 aromatic heterocycles. The minimum absolute atomic E-state index is 1.05. The largest absolute Gasteiger partial charge is 0.345 e. The van der Waals surface area contributed by atoms with Crippen LogP contribution in [0.4, 0.5) is 5.95 Å². The molecule has 4 nitrogen and oxygen atoms in total. The van der Waals surface area contributed by atoms with Crippen molar-refractivity contribution in [2.24, 2.45) is 0 Å². The van der Waals surface area contributed by atoms with Gasteiger partial charge in [0.25, 0.3) is 0 Å². The number of unbranched alkanes of at least 4 members (excludes halogenated alkanes) is 1. The molecule has 0 aliphatic carbocycles. The van der Waals surface area contributed by atoms with E-state index in [9.17, 15) is 0 Å². The van der Waals surface area contributed by atoms with Crippen molar-refractivity contribution in [3.05, 3.63) is 11.9 Å². The van der Waals surface area contributed by atoms with Crippen LogP contribution in [0.1, 0.15) is 31.9 Å². The summed E-state index contributed by atoms with van der Waals surface area (Å²) in [6.45, 7) is 7.46. The molecule has 0 bridgehead atoms. The lowest BCUT2D eigenvalue weighted by molar-refractivity contribution is 0.616. The molecule has 0 unspecified atom stereocenters. The first kappa shape index (κ1) is 14.0. The third-order valence-corrected chi connectivity index (χ3v) is 2.89. The number of hydrogen-bond acceptors (Lipinski definition) is 3. The van der Waals surface area contributed by atoms with Gasteiger partial charge in [-0.25, -0.2) is 4.98 Å². The second kappa shape index (κ2) is 7.33. The lowest BCUT2D eigenvalue weighted by Gasteiger charge is -2.19. The molecule has 0 saturated carbocycles. The van der Waals surface area contributed by atoms with Crippen molar-refractivity contribution in [3.63, 3.8) is 0 Å². The Morgan fingerprint density at radius 3 is 2.82 bits per heavy atom. The standard InChI is InChI=1S/C13H26N4/c1-5-6-10-17-11-12(2)15-13(17)16(4)9-7-8-14-3/h11,14H,5-10H2,1-4H3. The summed E-state index contributed by atoms with van der Waals surface area (Å²) >= 11 is 0. The van der Waals surface area contributed by atoms with Crippen molar-refractivity contribution in [3.8, 4) is 0 Å². The molecule has 0 atom stereocenters. The summed E-state index contributed by atoms with van der Waals surface area (Å²) in [6, 6.07) is 0. The van der Waals surface area contributed by atoms with Crippen LogP contribution in [0.25, 0.3) is 0 Å². The fourth-order valence-electron chi connectivity index (χ4n) is 1.92. The third kappa shape index (κ3) is 4.38. The summed E-state index contributed by atoms with van der Waals surface area (Å²) in [6.07, 6.45) is 5.74. The molecular formula is C13H26N4. The highest BCUT2D eigenvalue weighted by atomic mass is 15.3. The number of aryl methyl sites for hydroxylation is 2. The van der Waals surface area contributed by atoms with Gasteiger partial charge in [0.15, 0.2) is 0 Å². The minimum atomic E-state index is 1.05. The van der Waals surface area contributed by atoms with Crippen molar-refractivity contribution in [2.75, 3.05) is 32.1 Å². The maximum absolute atomic E-state index is 4.61. The van der Waals surface area contributed by atoms with Crippen LogP contribution < -0.4 is 10.2 Å². The Kier molecular flexibility index (Phi) is 6.05. The number of imidazole rings is 1. The Bertz CT molecular complexity index is 319. The average Bonchev–Trinajstić information content (AvgIpc) is 2.68. The van der Waals surface area contributed by atoms with E-state index in [4.69, 9.17) is 0 Å². The fraction of sp³-hybridized carbons (Fsp3) is 0.769. The van der Waals surface area contributed by atoms with Gasteiger partial charge in [-0.05, 0) is 33.4 Å². The van der Waals surface area contributed by atoms with E-state index in [0.29, 0.717) is 0 Å². The number of nitrogens with one attached hydrogen (secondary N) is 1. The lowest BCUT2D eigenvalue weighted by Crippen LogP contribution is -2.25. The van der Waals surface area contributed by atoms with Gasteiger partial charge in [0, 0.05) is 26.3 Å². The number of rotatable bonds is 8. The molecule has 98 valence electrons. The zero-order valence-corrected chi connectivity index (χ0v) is 11.7. The van der Waals surface area contributed by atoms with E-state index in [1.807, 2.05) is 7.05 Å². The van der Waals surface area contributed by atoms with E-state index >= 15 is 0 Å². The summed E-state index contributed by atoms with van der Waals surface area (Å²) in [7, 11) is 4.12. The first-order valence-corrected chi connectivity index (χ1v) is 6.58. The van der Waals surface area contributed by atoms with E-state index < -0.39 is 0 Å². The van der Waals surface area contributed by atoms with Crippen LogP contribution in [0, 0.1) is 6.92 Å². The summed E-state index contributed by atoms with van der Waals surface area (Å²) in [5.74, 6) is 1.10. The summed E-state index contributed by atoms with van der Waals surface area (Å²) in [5, 5.41) is 3.17. The van der Waals surface area contributed by atoms with Crippen LogP contribution in [0.2, 0.25) is 0 Å². The van der Waals surface area contributed by atoms with Crippen LogP contribution in [-0.2, 0) is 6.54 Å². The smallest absolute Gasteiger partial charge is 0.205 e. The van der Waals surface area contributed by atoms with Gasteiger partial charge in [0.05, 0.1) is 5.69 Å². The average molecular weight is 238 g/mol. The van der Waals surface area contributed by atoms with Gasteiger partial charge in [-0.15, -0.1) is 0 Å². The third-order valence-electron chi connectivity index (χ3n) is 2.89. The SMILES string of the molecule is CCCCn1cc(C)nc1N(C)CCCNC. The quantitative estimate of drug-likeness (QED) is 0.704. The Morgan fingerprint density at radius 2 is 2.18 bits per heavy atom. The molecule has 1 aromatic rings. The zero-order chi connectivity index (χ0) is 12.7. The molecule has 0 radical (unpaired) electrons. The first-order valence-electron chi connectivity index (χ1n) is 6.58. The van der Waals surface area contributed by atoms with Gasteiger partial charge in [0.1, 0.15) is 0 Å². The van der Waals surface area contributed by atoms with Crippen molar-refractivity contribution < 1.29 is 0 Å². The molecule has 0 spiro atoms. The second-order valence-electron chi connectivity index (χ2n) is 4.61. The molecule has 0 aliphatic heterocycles. The van der Waals surface area contributed by atoms with Crippen LogP contribution in [-0.4, -0.2) is 36.7 Å². The normalized spacial score (nSPS) is 10.8. The minimum Gasteiger partial charge on any atom is -0.345 e. The number of aromatic nitrogens is 2. The van der Waals surface area contributed by atoms with E-state index in [-0.39, 0.29) is 0 Å². The van der Waals surface area contributed by atoms with Gasteiger partial charge >= 0.3 is 0 Å². The number of nitrogens with zero attached hydrogens (tertiary/aromatic N) is 3. The van der Waals surface area contributed by atoms with Crippen molar-refractivity contribution in [1.29, 1.82) is 0 Å². The number of hydrogen-bond donors (Lipinski definition) is 1. The van der Waals surface area contributed by atoms with Crippen molar-refractivity contribution in [2.45, 2.75) is 39.7 Å². The highest BCUT2D eigenvalue weighted by Crippen LogP contribution is 2.14. The Balaban J connectivity index is 2.60. The second-order valence-corrected chi connectivity index (χ2v) is 4.61. The van der Waals surface area contributed by atoms with Gasteiger partial charge in [-0.2, -0.15) is 0 Å². The fourth-order valence-corrected chi connectivity index (χ4v) is 1.92. The molecule has 0 aromatic carbocycles. The van der Waals surface area contributed by atoms with Crippen LogP contribution in [0.5, 0.6) is 0 Å². The zero-order valence-electron chi connectivity index (χ0n) is 11.7. The topological polar surface area (TPSA) is 33.1 Å². The maximum atomic E-state index is 4.61. The first-order chi connectivity index (χ1) is 8.19. The van der Waals surface area contributed by atoms with E-state index in [1.165, 1.54) is 12.8 Å². The van der Waals surface area contributed by atoms with Crippen LogP contribution in [0.15, 0.2) is 6.20 Å². The predicted octanol–water partition coefficient (Wildman–Crippen LogP) is 2.04. The Hall–Kier alpha value is -1.03. The molecule has 0 saturated heterocycles. The Morgan fingerprint density at radius 1 is 1.41 bits per heavy atom. The molecule has 1 heterocycles. The van der Waals surface area contributed by atoms with Gasteiger partial charge in [-0.1, -0.05) is 13.3 Å². The molecule has 0 fully saturated rings. The highest BCUT2D eigenvalue weighted by molar-refractivity contribution is 5.31. The summed E-state index contributed by atoms with van der Waals surface area (Å²) in [5.41, 5.74) is 1.11. The Labute approximate surface area is 105 Å². The molecule has 17 heavy (non-hydrogen) atoms. The molecule has 1 rings (SSSR count). The molecule has 0 aliphatic rings. The highest BCUT2D eigenvalue weighted by Gasteiger charge is 2.09. The molecule has 0 amide bonds. The van der Waals surface area contributed by atoms with E-state index in [0.717, 1.165) is 37.7 Å². The van der Waals surface area contributed by atoms with Crippen LogP contribution in [0.3, 0.4) is 0 Å². The summed E-state index contributed by atoms with van der Waals surface area (Å²) in [4.78, 5) is 6.86. The lowest BCUT2D eigenvalue weighted by atomic mass is 10.3. The van der Waals surface area contributed by atoms with Crippen molar-refractivity contribution >= 4 is 5.95 Å². The van der Waals surface area contributed by atoms with E-state index in [2.05, 4.69) is 46.9 Å². The molecule has 4 heteroatoms. The van der Waals surface area contributed by atoms with Crippen molar-refractivity contribution in [1.82, 2.24) is 14.9 Å². The summed E-state index contributed by atoms with van der Waals surface area (Å²) < 4.78 is 2.28. The molecule has 1 N–H and O–H groups in total.